The smallest absolute Gasteiger partial charge is 0.318 e. The topological polar surface area (TPSA) is 61.8 Å². The predicted octanol–water partition coefficient (Wildman–Crippen LogP) is 1.96. The molecule has 1 atom stereocenters. The summed E-state index contributed by atoms with van der Waals surface area (Å²) >= 11 is 0. The van der Waals surface area contributed by atoms with Crippen LogP contribution in [0.5, 0.6) is 0 Å². The van der Waals surface area contributed by atoms with Crippen molar-refractivity contribution in [3.63, 3.8) is 0 Å². The number of rotatable bonds is 6. The van der Waals surface area contributed by atoms with E-state index in [-0.39, 0.29) is 18.7 Å². The molecule has 22 heavy (non-hydrogen) atoms. The Bertz CT molecular complexity index is 491. The fraction of sp³-hybridized carbons (Fsp3) is 0.588. The lowest BCUT2D eigenvalue weighted by Gasteiger charge is -2.36. The molecule has 1 aromatic rings. The van der Waals surface area contributed by atoms with Gasteiger partial charge in [0.05, 0.1) is 19.3 Å². The van der Waals surface area contributed by atoms with E-state index in [0.717, 1.165) is 12.0 Å². The first-order valence-corrected chi connectivity index (χ1v) is 7.94. The first kappa shape index (κ1) is 16.8. The SMILES string of the molecule is CC(C)COCCNC(=O)N1CCc2ccccc2C1CO. The van der Waals surface area contributed by atoms with Gasteiger partial charge in [-0.25, -0.2) is 4.79 Å². The Balaban J connectivity index is 1.88. The molecule has 0 spiro atoms. The molecule has 5 heteroatoms. The summed E-state index contributed by atoms with van der Waals surface area (Å²) in [6, 6.07) is 7.59. The number of fused-ring (bicyclic) bond motifs is 1. The van der Waals surface area contributed by atoms with Crippen molar-refractivity contribution in [2.24, 2.45) is 5.92 Å². The van der Waals surface area contributed by atoms with Gasteiger partial charge in [-0.3, -0.25) is 0 Å². The normalized spacial score (nSPS) is 17.5. The molecule has 1 heterocycles. The summed E-state index contributed by atoms with van der Waals surface area (Å²) in [5, 5.41) is 12.6. The lowest BCUT2D eigenvalue weighted by Crippen LogP contribution is -2.47. The van der Waals surface area contributed by atoms with Crippen molar-refractivity contribution in [3.8, 4) is 0 Å². The number of aliphatic hydroxyl groups excluding tert-OH is 1. The standard InChI is InChI=1S/C17H26N2O3/c1-13(2)12-22-10-8-18-17(21)19-9-7-14-5-3-4-6-15(14)16(19)11-20/h3-6,13,16,20H,7-12H2,1-2H3,(H,18,21). The number of nitrogens with zero attached hydrogens (tertiary/aromatic N) is 1. The molecule has 2 amide bonds. The lowest BCUT2D eigenvalue weighted by atomic mass is 9.93. The number of benzene rings is 1. The minimum atomic E-state index is -0.262. The Labute approximate surface area is 132 Å². The predicted molar refractivity (Wildman–Crippen MR) is 85.7 cm³/mol. The van der Waals surface area contributed by atoms with Gasteiger partial charge >= 0.3 is 6.03 Å². The van der Waals surface area contributed by atoms with Crippen LogP contribution in [0.15, 0.2) is 24.3 Å². The van der Waals surface area contributed by atoms with Gasteiger partial charge in [0.1, 0.15) is 0 Å². The van der Waals surface area contributed by atoms with Crippen molar-refractivity contribution in [1.29, 1.82) is 0 Å². The van der Waals surface area contributed by atoms with E-state index >= 15 is 0 Å². The first-order valence-electron chi connectivity index (χ1n) is 7.94. The van der Waals surface area contributed by atoms with E-state index in [0.29, 0.717) is 32.2 Å². The maximum Gasteiger partial charge on any atom is 0.318 e. The molecule has 1 aliphatic heterocycles. The van der Waals surface area contributed by atoms with E-state index in [1.54, 1.807) is 4.90 Å². The molecule has 0 saturated heterocycles. The third-order valence-electron chi connectivity index (χ3n) is 3.82. The van der Waals surface area contributed by atoms with E-state index in [1.807, 2.05) is 18.2 Å². The van der Waals surface area contributed by atoms with E-state index in [1.165, 1.54) is 5.56 Å². The van der Waals surface area contributed by atoms with Crippen LogP contribution in [0.1, 0.15) is 31.0 Å². The molecule has 0 aromatic heterocycles. The fourth-order valence-electron chi connectivity index (χ4n) is 2.74. The number of hydrogen-bond acceptors (Lipinski definition) is 3. The number of carbonyl (C=O) groups excluding carboxylic acids is 1. The maximum atomic E-state index is 12.3. The van der Waals surface area contributed by atoms with E-state index < -0.39 is 0 Å². The monoisotopic (exact) mass is 306 g/mol. The molecule has 2 N–H and O–H groups in total. The van der Waals surface area contributed by atoms with Crippen LogP contribution >= 0.6 is 0 Å². The quantitative estimate of drug-likeness (QED) is 0.790. The van der Waals surface area contributed by atoms with Crippen LogP contribution < -0.4 is 5.32 Å². The summed E-state index contributed by atoms with van der Waals surface area (Å²) in [5.74, 6) is 0.494. The third kappa shape index (κ3) is 4.21. The van der Waals surface area contributed by atoms with Crippen molar-refractivity contribution in [2.75, 3.05) is 32.9 Å². The Morgan fingerprint density at radius 2 is 2.23 bits per heavy atom. The Hall–Kier alpha value is -1.59. The van der Waals surface area contributed by atoms with Crippen molar-refractivity contribution in [1.82, 2.24) is 10.2 Å². The van der Waals surface area contributed by atoms with Crippen LogP contribution in [-0.4, -0.2) is 48.9 Å². The van der Waals surface area contributed by atoms with Crippen LogP contribution in [0.2, 0.25) is 0 Å². The van der Waals surface area contributed by atoms with Crippen LogP contribution in [0.4, 0.5) is 4.79 Å². The van der Waals surface area contributed by atoms with Gasteiger partial charge in [0.25, 0.3) is 0 Å². The molecule has 0 fully saturated rings. The number of carbonyl (C=O) groups is 1. The summed E-state index contributed by atoms with van der Waals surface area (Å²) in [7, 11) is 0. The van der Waals surface area contributed by atoms with E-state index in [9.17, 15) is 9.90 Å². The van der Waals surface area contributed by atoms with Crippen molar-refractivity contribution < 1.29 is 14.6 Å². The number of hydrogen-bond donors (Lipinski definition) is 2. The molecule has 122 valence electrons. The van der Waals surface area contributed by atoms with Gasteiger partial charge < -0.3 is 20.1 Å². The Kier molecular flexibility index (Phi) is 6.21. The average Bonchev–Trinajstić information content (AvgIpc) is 2.52. The molecule has 1 aliphatic rings. The van der Waals surface area contributed by atoms with E-state index in [4.69, 9.17) is 4.74 Å². The van der Waals surface area contributed by atoms with E-state index in [2.05, 4.69) is 25.2 Å². The van der Waals surface area contributed by atoms with Gasteiger partial charge in [-0.05, 0) is 23.5 Å². The highest BCUT2D eigenvalue weighted by molar-refractivity contribution is 5.75. The highest BCUT2D eigenvalue weighted by Crippen LogP contribution is 2.29. The zero-order valence-electron chi connectivity index (χ0n) is 13.4. The Morgan fingerprint density at radius 1 is 1.45 bits per heavy atom. The van der Waals surface area contributed by atoms with Crippen LogP contribution in [0, 0.1) is 5.92 Å². The van der Waals surface area contributed by atoms with Crippen LogP contribution in [0.3, 0.4) is 0 Å². The number of nitrogens with one attached hydrogen (secondary N) is 1. The minimum absolute atomic E-state index is 0.0612. The zero-order chi connectivity index (χ0) is 15.9. The summed E-state index contributed by atoms with van der Waals surface area (Å²) in [6.07, 6.45) is 0.823. The molecule has 2 rings (SSSR count). The maximum absolute atomic E-state index is 12.3. The molecule has 1 aromatic carbocycles. The molecule has 1 unspecified atom stereocenters. The molecular weight excluding hydrogens is 280 g/mol. The third-order valence-corrected chi connectivity index (χ3v) is 3.82. The molecule has 0 saturated carbocycles. The highest BCUT2D eigenvalue weighted by atomic mass is 16.5. The van der Waals surface area contributed by atoms with Gasteiger partial charge in [-0.15, -0.1) is 0 Å². The second-order valence-corrected chi connectivity index (χ2v) is 6.04. The largest absolute Gasteiger partial charge is 0.394 e. The molecule has 0 aliphatic carbocycles. The van der Waals surface area contributed by atoms with Crippen LogP contribution in [-0.2, 0) is 11.2 Å². The molecule has 0 bridgehead atoms. The minimum Gasteiger partial charge on any atom is -0.394 e. The number of amides is 2. The van der Waals surface area contributed by atoms with Gasteiger partial charge in [0.15, 0.2) is 0 Å². The van der Waals surface area contributed by atoms with Gasteiger partial charge in [-0.1, -0.05) is 38.1 Å². The lowest BCUT2D eigenvalue weighted by molar-refractivity contribution is 0.104. The second kappa shape index (κ2) is 8.15. The first-order chi connectivity index (χ1) is 10.6. The number of urea groups is 1. The number of ether oxygens (including phenoxy) is 1. The molecule has 0 radical (unpaired) electrons. The second-order valence-electron chi connectivity index (χ2n) is 6.04. The molecular formula is C17H26N2O3. The van der Waals surface area contributed by atoms with Gasteiger partial charge in [0.2, 0.25) is 0 Å². The highest BCUT2D eigenvalue weighted by Gasteiger charge is 2.29. The zero-order valence-corrected chi connectivity index (χ0v) is 13.4. The Morgan fingerprint density at radius 3 is 2.95 bits per heavy atom. The summed E-state index contributed by atoms with van der Waals surface area (Å²) in [6.45, 7) is 6.45. The van der Waals surface area contributed by atoms with Crippen molar-refractivity contribution in [3.05, 3.63) is 35.4 Å². The molecule has 5 nitrogen and oxygen atoms in total. The van der Waals surface area contributed by atoms with Crippen molar-refractivity contribution in [2.45, 2.75) is 26.3 Å². The van der Waals surface area contributed by atoms with Gasteiger partial charge in [-0.2, -0.15) is 0 Å². The average molecular weight is 306 g/mol. The summed E-state index contributed by atoms with van der Waals surface area (Å²) in [4.78, 5) is 14.0. The number of aliphatic hydroxyl groups is 1. The van der Waals surface area contributed by atoms with Gasteiger partial charge in [0, 0.05) is 19.7 Å². The van der Waals surface area contributed by atoms with Crippen LogP contribution in [0.25, 0.3) is 0 Å². The summed E-state index contributed by atoms with van der Waals surface area (Å²) < 4.78 is 5.46. The fourth-order valence-corrected chi connectivity index (χ4v) is 2.74. The van der Waals surface area contributed by atoms with Crippen molar-refractivity contribution >= 4 is 6.03 Å². The summed E-state index contributed by atoms with van der Waals surface area (Å²) in [5.41, 5.74) is 2.26.